The molecule has 0 amide bonds. The fourth-order valence-corrected chi connectivity index (χ4v) is 2.67. The van der Waals surface area contributed by atoms with Crippen LogP contribution in [0.15, 0.2) is 42.7 Å². The Morgan fingerprint density at radius 2 is 1.91 bits per heavy atom. The lowest BCUT2D eigenvalue weighted by Gasteiger charge is -2.22. The number of nitrogens with one attached hydrogen (secondary N) is 1. The second kappa shape index (κ2) is 5.79. The lowest BCUT2D eigenvalue weighted by molar-refractivity contribution is 0.631. The van der Waals surface area contributed by atoms with Crippen molar-refractivity contribution in [3.63, 3.8) is 0 Å². The molecule has 22 heavy (non-hydrogen) atoms. The van der Waals surface area contributed by atoms with Gasteiger partial charge in [0.1, 0.15) is 5.82 Å². The molecule has 0 spiro atoms. The summed E-state index contributed by atoms with van der Waals surface area (Å²) in [5.74, 6) is 1.54. The summed E-state index contributed by atoms with van der Waals surface area (Å²) < 4.78 is 1.17. The summed E-state index contributed by atoms with van der Waals surface area (Å²) in [4.78, 5) is 13.6. The molecule has 1 aromatic carbocycles. The van der Waals surface area contributed by atoms with Crippen molar-refractivity contribution in [2.45, 2.75) is 26.3 Å². The number of rotatable bonds is 2. The Morgan fingerprint density at radius 3 is 2.59 bits per heavy atom. The van der Waals surface area contributed by atoms with E-state index in [1.165, 1.54) is 3.57 Å². The molecule has 0 aliphatic heterocycles. The lowest BCUT2D eigenvalue weighted by atomic mass is 10.1. The van der Waals surface area contributed by atoms with Crippen LogP contribution in [0.2, 0.25) is 0 Å². The first kappa shape index (κ1) is 15.1. The van der Waals surface area contributed by atoms with Gasteiger partial charge in [-0.2, -0.15) is 0 Å². The van der Waals surface area contributed by atoms with E-state index < -0.39 is 0 Å². The van der Waals surface area contributed by atoms with Crippen LogP contribution < -0.4 is 5.32 Å². The molecular weight excluding hydrogens is 387 g/mol. The third-order valence-electron chi connectivity index (χ3n) is 3.07. The molecule has 0 bridgehead atoms. The largest absolute Gasteiger partial charge is 0.365 e. The number of nitrogens with zero attached hydrogens (tertiary/aromatic N) is 3. The van der Waals surface area contributed by atoms with Crippen LogP contribution >= 0.6 is 22.6 Å². The molecule has 1 N–H and O–H groups in total. The van der Waals surface area contributed by atoms with Gasteiger partial charge in [-0.3, -0.25) is 4.98 Å². The van der Waals surface area contributed by atoms with Gasteiger partial charge in [-0.05, 0) is 73.7 Å². The maximum atomic E-state index is 4.73. The molecule has 2 heterocycles. The molecule has 0 atom stereocenters. The molecule has 0 fully saturated rings. The Balaban J connectivity index is 2.22. The van der Waals surface area contributed by atoms with Gasteiger partial charge in [0.25, 0.3) is 0 Å². The van der Waals surface area contributed by atoms with Gasteiger partial charge < -0.3 is 5.32 Å². The highest BCUT2D eigenvalue weighted by molar-refractivity contribution is 14.1. The predicted octanol–water partition coefficient (Wildman–Crippen LogP) is 4.51. The molecule has 0 aliphatic rings. The minimum absolute atomic E-state index is 0.0746. The summed E-state index contributed by atoms with van der Waals surface area (Å²) in [6.45, 7) is 6.37. The molecule has 0 saturated heterocycles. The quantitative estimate of drug-likeness (QED) is 0.639. The van der Waals surface area contributed by atoms with Gasteiger partial charge in [0.2, 0.25) is 0 Å². The highest BCUT2D eigenvalue weighted by Crippen LogP contribution is 2.27. The topological polar surface area (TPSA) is 50.7 Å². The third kappa shape index (κ3) is 3.35. The second-order valence-corrected chi connectivity index (χ2v) is 7.42. The highest BCUT2D eigenvalue weighted by Gasteiger charge is 2.15. The third-order valence-corrected chi connectivity index (χ3v) is 3.74. The van der Waals surface area contributed by atoms with Crippen molar-refractivity contribution in [1.29, 1.82) is 0 Å². The normalized spacial score (nSPS) is 11.6. The molecule has 0 radical (unpaired) electrons. The summed E-state index contributed by atoms with van der Waals surface area (Å²) >= 11 is 2.31. The summed E-state index contributed by atoms with van der Waals surface area (Å²) in [5.41, 5.74) is 1.77. The molecular formula is C17H17IN4. The van der Waals surface area contributed by atoms with Crippen LogP contribution in [0.5, 0.6) is 0 Å². The van der Waals surface area contributed by atoms with Crippen LogP contribution in [-0.4, -0.2) is 20.5 Å². The van der Waals surface area contributed by atoms with E-state index >= 15 is 0 Å². The number of fused-ring (bicyclic) bond motifs is 1. The summed E-state index contributed by atoms with van der Waals surface area (Å²) in [6, 6.07) is 10.1. The Labute approximate surface area is 143 Å². The maximum Gasteiger partial charge on any atom is 0.163 e. The number of aromatic nitrogens is 3. The molecule has 112 valence electrons. The molecule has 5 heteroatoms. The smallest absolute Gasteiger partial charge is 0.163 e. The van der Waals surface area contributed by atoms with Crippen molar-refractivity contribution < 1.29 is 0 Å². The zero-order chi connectivity index (χ0) is 15.7. The van der Waals surface area contributed by atoms with Gasteiger partial charge >= 0.3 is 0 Å². The van der Waals surface area contributed by atoms with E-state index in [4.69, 9.17) is 4.98 Å². The van der Waals surface area contributed by atoms with Crippen LogP contribution in [0.4, 0.5) is 5.82 Å². The van der Waals surface area contributed by atoms with E-state index in [0.717, 1.165) is 22.3 Å². The maximum absolute atomic E-state index is 4.73. The van der Waals surface area contributed by atoms with Gasteiger partial charge in [0.05, 0.1) is 5.52 Å². The van der Waals surface area contributed by atoms with Crippen LogP contribution in [0, 0.1) is 3.57 Å². The highest BCUT2D eigenvalue weighted by atomic mass is 127. The molecule has 2 aromatic heterocycles. The van der Waals surface area contributed by atoms with Crippen LogP contribution in [-0.2, 0) is 0 Å². The van der Waals surface area contributed by atoms with Gasteiger partial charge in [-0.25, -0.2) is 9.97 Å². The van der Waals surface area contributed by atoms with Gasteiger partial charge in [0, 0.05) is 32.5 Å². The second-order valence-electron chi connectivity index (χ2n) is 6.17. The Morgan fingerprint density at radius 1 is 1.09 bits per heavy atom. The Bertz CT molecular complexity index is 810. The number of benzene rings is 1. The standard InChI is InChI=1S/C17H17IN4/c1-17(2,3)22-16-13-9-12(18)6-7-14(13)20-15(21-16)11-5-4-8-19-10-11/h4-10H,1-3H3,(H,20,21,22). The number of halogens is 1. The fourth-order valence-electron chi connectivity index (χ4n) is 2.18. The molecule has 0 aliphatic carbocycles. The molecule has 0 saturated carbocycles. The van der Waals surface area contributed by atoms with Crippen LogP contribution in [0.1, 0.15) is 20.8 Å². The van der Waals surface area contributed by atoms with E-state index in [0.29, 0.717) is 5.82 Å². The van der Waals surface area contributed by atoms with Gasteiger partial charge in [0.15, 0.2) is 5.82 Å². The summed E-state index contributed by atoms with van der Waals surface area (Å²) in [6.07, 6.45) is 3.54. The summed E-state index contributed by atoms with van der Waals surface area (Å²) in [7, 11) is 0. The average Bonchev–Trinajstić information content (AvgIpc) is 2.47. The van der Waals surface area contributed by atoms with Gasteiger partial charge in [-0.1, -0.05) is 0 Å². The van der Waals surface area contributed by atoms with Crippen molar-refractivity contribution in [2.75, 3.05) is 5.32 Å². The number of hydrogen-bond donors (Lipinski definition) is 1. The predicted molar refractivity (Wildman–Crippen MR) is 98.9 cm³/mol. The van der Waals surface area contributed by atoms with E-state index in [9.17, 15) is 0 Å². The fraction of sp³-hybridized carbons (Fsp3) is 0.235. The Kier molecular flexibility index (Phi) is 3.99. The molecule has 3 rings (SSSR count). The number of anilines is 1. The zero-order valence-electron chi connectivity index (χ0n) is 12.8. The van der Waals surface area contributed by atoms with E-state index in [-0.39, 0.29) is 5.54 Å². The lowest BCUT2D eigenvalue weighted by Crippen LogP contribution is -2.27. The molecule has 3 aromatic rings. The summed E-state index contributed by atoms with van der Waals surface area (Å²) in [5, 5.41) is 4.52. The first-order chi connectivity index (χ1) is 10.4. The minimum atomic E-state index is -0.0746. The zero-order valence-corrected chi connectivity index (χ0v) is 14.9. The first-order valence-electron chi connectivity index (χ1n) is 7.08. The van der Waals surface area contributed by atoms with E-state index in [2.05, 4.69) is 70.8 Å². The minimum Gasteiger partial charge on any atom is -0.365 e. The SMILES string of the molecule is CC(C)(C)Nc1nc(-c2cccnc2)nc2ccc(I)cc12. The van der Waals surface area contributed by atoms with Crippen molar-refractivity contribution in [1.82, 2.24) is 15.0 Å². The monoisotopic (exact) mass is 404 g/mol. The number of pyridine rings is 1. The number of hydrogen-bond acceptors (Lipinski definition) is 4. The first-order valence-corrected chi connectivity index (χ1v) is 8.16. The van der Waals surface area contributed by atoms with Crippen molar-refractivity contribution >= 4 is 39.3 Å². The van der Waals surface area contributed by atoms with Gasteiger partial charge in [-0.15, -0.1) is 0 Å². The van der Waals surface area contributed by atoms with E-state index in [1.807, 2.05) is 18.2 Å². The van der Waals surface area contributed by atoms with Crippen LogP contribution in [0.25, 0.3) is 22.3 Å². The average molecular weight is 404 g/mol. The van der Waals surface area contributed by atoms with Crippen molar-refractivity contribution in [3.8, 4) is 11.4 Å². The Hall–Kier alpha value is -1.76. The van der Waals surface area contributed by atoms with Crippen molar-refractivity contribution in [3.05, 3.63) is 46.3 Å². The molecule has 0 unspecified atom stereocenters. The van der Waals surface area contributed by atoms with Crippen molar-refractivity contribution in [2.24, 2.45) is 0 Å². The molecule has 4 nitrogen and oxygen atoms in total. The van der Waals surface area contributed by atoms with Crippen LogP contribution in [0.3, 0.4) is 0 Å². The van der Waals surface area contributed by atoms with E-state index in [1.54, 1.807) is 12.4 Å².